The molecule has 1 saturated heterocycles. The third-order valence-corrected chi connectivity index (χ3v) is 6.46. The lowest BCUT2D eigenvalue weighted by Crippen LogP contribution is -2.33. The van der Waals surface area contributed by atoms with Crippen LogP contribution in [0.3, 0.4) is 0 Å². The number of hydrogen-bond acceptors (Lipinski definition) is 10. The van der Waals surface area contributed by atoms with Gasteiger partial charge >= 0.3 is 5.97 Å². The third kappa shape index (κ3) is 11.7. The first-order chi connectivity index (χ1) is 19.4. The molecule has 2 aromatic rings. The molecule has 0 aromatic carbocycles. The monoisotopic (exact) mass is 558 g/mol. The minimum absolute atomic E-state index is 0.0327. The number of carboxylic acid groups (broad SMARTS) is 1. The van der Waals surface area contributed by atoms with E-state index in [0.29, 0.717) is 109 Å². The minimum Gasteiger partial charge on any atom is -0.477 e. The lowest BCUT2D eigenvalue weighted by atomic mass is 10.0. The van der Waals surface area contributed by atoms with E-state index in [1.165, 1.54) is 6.07 Å². The van der Waals surface area contributed by atoms with Crippen molar-refractivity contribution >= 4 is 12.3 Å². The second-order valence-corrected chi connectivity index (χ2v) is 9.91. The van der Waals surface area contributed by atoms with Crippen LogP contribution < -0.4 is 0 Å². The zero-order valence-electron chi connectivity index (χ0n) is 23.6. The molecular weight excluding hydrogens is 516 g/mol. The second kappa shape index (κ2) is 17.8. The molecule has 0 amide bonds. The highest BCUT2D eigenvalue weighted by atomic mass is 16.5. The second-order valence-electron chi connectivity index (χ2n) is 9.91. The van der Waals surface area contributed by atoms with Gasteiger partial charge in [0.2, 0.25) is 0 Å². The van der Waals surface area contributed by atoms with Crippen molar-refractivity contribution < 1.29 is 33.6 Å². The number of carboxylic acids is 1. The molecule has 0 aliphatic carbocycles. The molecule has 40 heavy (non-hydrogen) atoms. The Morgan fingerprint density at radius 1 is 0.825 bits per heavy atom. The first-order valence-corrected chi connectivity index (χ1v) is 13.9. The summed E-state index contributed by atoms with van der Waals surface area (Å²) in [5, 5.41) is 9.23. The minimum atomic E-state index is -1.04. The molecule has 11 heteroatoms. The highest BCUT2D eigenvalue weighted by Crippen LogP contribution is 2.17. The number of carbonyl (C=O) groups is 2. The van der Waals surface area contributed by atoms with Crippen LogP contribution in [0.1, 0.15) is 57.7 Å². The number of aldehydes is 1. The van der Waals surface area contributed by atoms with E-state index in [-0.39, 0.29) is 5.69 Å². The molecule has 2 aromatic heterocycles. The zero-order chi connectivity index (χ0) is 28.6. The van der Waals surface area contributed by atoms with Gasteiger partial charge in [0.25, 0.3) is 0 Å². The van der Waals surface area contributed by atoms with Gasteiger partial charge in [-0.25, -0.2) is 14.8 Å². The van der Waals surface area contributed by atoms with Crippen molar-refractivity contribution in [3.8, 4) is 0 Å². The standard InChI is InChI=1S/C29H42N4O7/c1-23(2)24-18-26(30-27(19-24)22-34)21-33-8-12-39-16-14-37-10-6-32(7-11-38-15-17-40-13-9-33)20-25-4-3-5-28(31-25)29(35)36/h3-5,18-19,22-23H,6-17,20-21H2,1-2H3,(H,35,36). The van der Waals surface area contributed by atoms with Gasteiger partial charge in [0, 0.05) is 39.3 Å². The van der Waals surface area contributed by atoms with Gasteiger partial charge in [-0.15, -0.1) is 0 Å². The van der Waals surface area contributed by atoms with Gasteiger partial charge in [0.05, 0.1) is 64.2 Å². The molecule has 0 unspecified atom stereocenters. The van der Waals surface area contributed by atoms with Crippen molar-refractivity contribution in [1.82, 2.24) is 19.8 Å². The maximum atomic E-state index is 11.4. The van der Waals surface area contributed by atoms with Crippen LogP contribution in [0, 0.1) is 0 Å². The maximum absolute atomic E-state index is 11.4. The molecule has 0 atom stereocenters. The van der Waals surface area contributed by atoms with Gasteiger partial charge < -0.3 is 24.1 Å². The molecule has 220 valence electrons. The summed E-state index contributed by atoms with van der Waals surface area (Å²) in [5.41, 5.74) is 3.13. The van der Waals surface area contributed by atoms with Crippen molar-refractivity contribution in [2.75, 3.05) is 79.0 Å². The number of carbonyl (C=O) groups excluding carboxylic acids is 1. The Morgan fingerprint density at radius 2 is 1.35 bits per heavy atom. The Morgan fingerprint density at radius 3 is 1.82 bits per heavy atom. The van der Waals surface area contributed by atoms with Crippen molar-refractivity contribution in [1.29, 1.82) is 0 Å². The van der Waals surface area contributed by atoms with Gasteiger partial charge in [-0.1, -0.05) is 19.9 Å². The fourth-order valence-corrected chi connectivity index (χ4v) is 4.21. The Labute approximate surface area is 236 Å². The summed E-state index contributed by atoms with van der Waals surface area (Å²) in [6, 6.07) is 8.93. The first-order valence-electron chi connectivity index (χ1n) is 13.9. The van der Waals surface area contributed by atoms with Crippen molar-refractivity contribution in [3.05, 3.63) is 58.7 Å². The van der Waals surface area contributed by atoms with E-state index in [2.05, 4.69) is 39.7 Å². The smallest absolute Gasteiger partial charge is 0.354 e. The van der Waals surface area contributed by atoms with Gasteiger partial charge in [0.1, 0.15) is 11.4 Å². The van der Waals surface area contributed by atoms with Crippen LogP contribution in [0.25, 0.3) is 0 Å². The van der Waals surface area contributed by atoms with E-state index < -0.39 is 5.97 Å². The number of aromatic nitrogens is 2. The molecule has 1 aliphatic heterocycles. The topological polar surface area (TPSA) is 124 Å². The summed E-state index contributed by atoms with van der Waals surface area (Å²) in [7, 11) is 0. The molecule has 0 bridgehead atoms. The van der Waals surface area contributed by atoms with Crippen LogP contribution in [0.5, 0.6) is 0 Å². The highest BCUT2D eigenvalue weighted by Gasteiger charge is 2.13. The molecule has 3 rings (SSSR count). The van der Waals surface area contributed by atoms with E-state index in [9.17, 15) is 14.7 Å². The molecule has 0 saturated carbocycles. The maximum Gasteiger partial charge on any atom is 0.354 e. The van der Waals surface area contributed by atoms with Crippen molar-refractivity contribution in [2.45, 2.75) is 32.9 Å². The molecule has 0 spiro atoms. The highest BCUT2D eigenvalue weighted by molar-refractivity contribution is 5.85. The number of ether oxygens (including phenoxy) is 4. The largest absolute Gasteiger partial charge is 0.477 e. The van der Waals surface area contributed by atoms with E-state index in [4.69, 9.17) is 18.9 Å². The summed E-state index contributed by atoms with van der Waals surface area (Å²) in [6.07, 6.45) is 0.799. The molecule has 1 fully saturated rings. The van der Waals surface area contributed by atoms with E-state index in [0.717, 1.165) is 17.5 Å². The van der Waals surface area contributed by atoms with E-state index >= 15 is 0 Å². The van der Waals surface area contributed by atoms with Gasteiger partial charge in [-0.2, -0.15) is 0 Å². The van der Waals surface area contributed by atoms with Crippen LogP contribution >= 0.6 is 0 Å². The number of hydrogen-bond donors (Lipinski definition) is 1. The molecule has 0 radical (unpaired) electrons. The van der Waals surface area contributed by atoms with E-state index in [1.807, 2.05) is 12.1 Å². The van der Waals surface area contributed by atoms with Crippen LogP contribution in [0.15, 0.2) is 30.3 Å². The van der Waals surface area contributed by atoms with Gasteiger partial charge in [-0.3, -0.25) is 14.6 Å². The van der Waals surface area contributed by atoms with Crippen LogP contribution in [0.2, 0.25) is 0 Å². The summed E-state index contributed by atoms with van der Waals surface area (Å²) in [6.45, 7) is 12.0. The summed E-state index contributed by atoms with van der Waals surface area (Å²) >= 11 is 0. The zero-order valence-corrected chi connectivity index (χ0v) is 23.6. The third-order valence-electron chi connectivity index (χ3n) is 6.46. The van der Waals surface area contributed by atoms with Crippen LogP contribution in [-0.2, 0) is 32.0 Å². The normalized spacial score (nSPS) is 18.2. The van der Waals surface area contributed by atoms with Crippen LogP contribution in [0.4, 0.5) is 0 Å². The Bertz CT molecular complexity index is 1030. The fraction of sp³-hybridized carbons (Fsp3) is 0.586. The Balaban J connectivity index is 1.51. The number of rotatable bonds is 7. The average Bonchev–Trinajstić information content (AvgIpc) is 2.94. The van der Waals surface area contributed by atoms with Gasteiger partial charge in [0.15, 0.2) is 6.29 Å². The summed E-state index contributed by atoms with van der Waals surface area (Å²) < 4.78 is 23.2. The Hall–Kier alpha value is -2.80. The number of aromatic carboxylic acids is 1. The fourth-order valence-electron chi connectivity index (χ4n) is 4.21. The lowest BCUT2D eigenvalue weighted by Gasteiger charge is -2.23. The Kier molecular flexibility index (Phi) is 14.1. The average molecular weight is 559 g/mol. The van der Waals surface area contributed by atoms with Crippen molar-refractivity contribution in [2.24, 2.45) is 0 Å². The molecule has 1 N–H and O–H groups in total. The van der Waals surface area contributed by atoms with Gasteiger partial charge in [-0.05, 0) is 35.7 Å². The number of pyridine rings is 2. The molecule has 1 aliphatic rings. The quantitative estimate of drug-likeness (QED) is 0.504. The predicted molar refractivity (Wildman–Crippen MR) is 149 cm³/mol. The molecular formula is C29H42N4O7. The molecule has 3 heterocycles. The summed E-state index contributed by atoms with van der Waals surface area (Å²) in [4.78, 5) is 35.8. The lowest BCUT2D eigenvalue weighted by molar-refractivity contribution is 0.00597. The van der Waals surface area contributed by atoms with Crippen molar-refractivity contribution in [3.63, 3.8) is 0 Å². The number of nitrogens with zero attached hydrogens (tertiary/aromatic N) is 4. The molecule has 11 nitrogen and oxygen atoms in total. The first kappa shape index (κ1) is 31.7. The SMILES string of the molecule is CC(C)c1cc(C=O)nc(CN2CCOCCOCCN(Cc3cccc(C(=O)O)n3)CCOCCOCC2)c1. The van der Waals surface area contributed by atoms with E-state index in [1.54, 1.807) is 6.07 Å². The van der Waals surface area contributed by atoms with Crippen LogP contribution in [-0.4, -0.2) is 116 Å². The predicted octanol–water partition coefficient (Wildman–Crippen LogP) is 2.49. The summed E-state index contributed by atoms with van der Waals surface area (Å²) in [5.74, 6) is -0.736.